The summed E-state index contributed by atoms with van der Waals surface area (Å²) >= 11 is 5.87. The molecule has 0 spiro atoms. The molecular weight excluding hydrogens is 274 g/mol. The van der Waals surface area contributed by atoms with E-state index in [1.807, 2.05) is 12.1 Å². The third-order valence-electron chi connectivity index (χ3n) is 3.49. The molecule has 20 heavy (non-hydrogen) atoms. The number of benzene rings is 1. The number of nitrogens with zero attached hydrogens (tertiary/aromatic N) is 1. The first-order valence-corrected chi connectivity index (χ1v) is 6.85. The van der Waals surface area contributed by atoms with Gasteiger partial charge in [-0.2, -0.15) is 0 Å². The summed E-state index contributed by atoms with van der Waals surface area (Å²) in [7, 11) is 0. The van der Waals surface area contributed by atoms with Crippen LogP contribution in [0.5, 0.6) is 0 Å². The summed E-state index contributed by atoms with van der Waals surface area (Å²) in [4.78, 5) is 16.0. The first kappa shape index (κ1) is 12.9. The lowest BCUT2D eigenvalue weighted by Crippen LogP contribution is -2.12. The predicted octanol–water partition coefficient (Wildman–Crippen LogP) is 3.06. The van der Waals surface area contributed by atoms with Gasteiger partial charge in [0.05, 0.1) is 10.6 Å². The van der Waals surface area contributed by atoms with E-state index in [2.05, 4.69) is 16.4 Å². The van der Waals surface area contributed by atoms with Gasteiger partial charge in [0.1, 0.15) is 5.82 Å². The van der Waals surface area contributed by atoms with Crippen LogP contribution in [-0.2, 0) is 12.8 Å². The van der Waals surface area contributed by atoms with Gasteiger partial charge in [-0.05, 0) is 48.6 Å². The number of amides is 1. The highest BCUT2D eigenvalue weighted by Crippen LogP contribution is 2.25. The molecular formula is C15H14ClN3O. The topological polar surface area (TPSA) is 68.0 Å². The molecule has 1 aliphatic carbocycles. The van der Waals surface area contributed by atoms with E-state index in [-0.39, 0.29) is 16.7 Å². The maximum Gasteiger partial charge on any atom is 0.257 e. The van der Waals surface area contributed by atoms with Gasteiger partial charge in [-0.1, -0.05) is 17.7 Å². The van der Waals surface area contributed by atoms with E-state index in [1.54, 1.807) is 0 Å². The summed E-state index contributed by atoms with van der Waals surface area (Å²) in [5.74, 6) is -0.0157. The number of carbonyl (C=O) groups excluding carboxylic acids is 1. The van der Waals surface area contributed by atoms with Crippen LogP contribution in [0.3, 0.4) is 0 Å². The SMILES string of the molecule is Nc1ncc(C(=O)Nc2ccc3c(c2)CCC3)cc1Cl. The van der Waals surface area contributed by atoms with E-state index >= 15 is 0 Å². The molecule has 2 aromatic rings. The molecule has 0 aliphatic heterocycles. The molecule has 0 atom stereocenters. The second kappa shape index (κ2) is 5.13. The van der Waals surface area contributed by atoms with Crippen LogP contribution in [0.25, 0.3) is 0 Å². The Morgan fingerprint density at radius 3 is 2.85 bits per heavy atom. The van der Waals surface area contributed by atoms with Gasteiger partial charge in [0, 0.05) is 11.9 Å². The second-order valence-corrected chi connectivity index (χ2v) is 5.29. The average Bonchev–Trinajstić information content (AvgIpc) is 2.89. The molecule has 4 nitrogen and oxygen atoms in total. The molecule has 0 bridgehead atoms. The molecule has 3 N–H and O–H groups in total. The number of hydrogen-bond donors (Lipinski definition) is 2. The van der Waals surface area contributed by atoms with Crippen LogP contribution in [0.15, 0.2) is 30.5 Å². The van der Waals surface area contributed by atoms with Gasteiger partial charge in [-0.3, -0.25) is 4.79 Å². The second-order valence-electron chi connectivity index (χ2n) is 4.88. The van der Waals surface area contributed by atoms with Crippen molar-refractivity contribution in [2.75, 3.05) is 11.1 Å². The third kappa shape index (κ3) is 2.47. The number of hydrogen-bond acceptors (Lipinski definition) is 3. The highest BCUT2D eigenvalue weighted by atomic mass is 35.5. The van der Waals surface area contributed by atoms with Gasteiger partial charge < -0.3 is 11.1 Å². The fourth-order valence-corrected chi connectivity index (χ4v) is 2.59. The molecule has 0 saturated carbocycles. The lowest BCUT2D eigenvalue weighted by molar-refractivity contribution is 0.102. The normalized spacial score (nSPS) is 13.1. The lowest BCUT2D eigenvalue weighted by atomic mass is 10.1. The summed E-state index contributed by atoms with van der Waals surface area (Å²) in [5, 5.41) is 3.14. The van der Waals surface area contributed by atoms with Gasteiger partial charge in [0.2, 0.25) is 0 Å². The number of halogens is 1. The average molecular weight is 288 g/mol. The number of nitrogens with two attached hydrogens (primary N) is 1. The third-order valence-corrected chi connectivity index (χ3v) is 3.79. The molecule has 0 fully saturated rings. The Hall–Kier alpha value is -2.07. The van der Waals surface area contributed by atoms with E-state index in [1.165, 1.54) is 29.8 Å². The zero-order valence-corrected chi connectivity index (χ0v) is 11.6. The molecule has 1 heterocycles. The number of pyridine rings is 1. The Balaban J connectivity index is 1.80. The zero-order chi connectivity index (χ0) is 14.1. The summed E-state index contributed by atoms with van der Waals surface area (Å²) in [6.07, 6.45) is 4.81. The van der Waals surface area contributed by atoms with Crippen LogP contribution in [0.1, 0.15) is 27.9 Å². The minimum atomic E-state index is -0.239. The summed E-state index contributed by atoms with van der Waals surface area (Å²) in [6.45, 7) is 0. The van der Waals surface area contributed by atoms with Crippen molar-refractivity contribution in [3.8, 4) is 0 Å². The van der Waals surface area contributed by atoms with Crippen LogP contribution in [0, 0.1) is 0 Å². The quantitative estimate of drug-likeness (QED) is 0.892. The Morgan fingerprint density at radius 1 is 1.25 bits per heavy atom. The number of aromatic nitrogens is 1. The van der Waals surface area contributed by atoms with E-state index in [0.29, 0.717) is 5.56 Å². The largest absolute Gasteiger partial charge is 0.382 e. The highest BCUT2D eigenvalue weighted by molar-refractivity contribution is 6.33. The van der Waals surface area contributed by atoms with E-state index in [0.717, 1.165) is 18.5 Å². The molecule has 0 unspecified atom stereocenters. The van der Waals surface area contributed by atoms with Gasteiger partial charge in [-0.25, -0.2) is 4.98 Å². The Labute approximate surface area is 122 Å². The van der Waals surface area contributed by atoms with Crippen molar-refractivity contribution in [2.24, 2.45) is 0 Å². The van der Waals surface area contributed by atoms with Gasteiger partial charge in [-0.15, -0.1) is 0 Å². The van der Waals surface area contributed by atoms with Crippen molar-refractivity contribution in [3.05, 3.63) is 52.2 Å². The Morgan fingerprint density at radius 2 is 2.05 bits per heavy atom. The van der Waals surface area contributed by atoms with Crippen LogP contribution in [0.4, 0.5) is 11.5 Å². The molecule has 0 saturated heterocycles. The number of nitrogen functional groups attached to an aromatic ring is 1. The fourth-order valence-electron chi connectivity index (χ4n) is 2.43. The summed E-state index contributed by atoms with van der Waals surface area (Å²) < 4.78 is 0. The molecule has 3 rings (SSSR count). The van der Waals surface area contributed by atoms with E-state index < -0.39 is 0 Å². The number of anilines is 2. The minimum absolute atomic E-state index is 0.223. The molecule has 5 heteroatoms. The molecule has 1 aromatic carbocycles. The Kier molecular flexibility index (Phi) is 3.32. The number of carbonyl (C=O) groups is 1. The number of rotatable bonds is 2. The van der Waals surface area contributed by atoms with E-state index in [9.17, 15) is 4.79 Å². The van der Waals surface area contributed by atoms with Crippen molar-refractivity contribution in [1.29, 1.82) is 0 Å². The van der Waals surface area contributed by atoms with Gasteiger partial charge in [0.25, 0.3) is 5.91 Å². The van der Waals surface area contributed by atoms with Crippen molar-refractivity contribution < 1.29 is 4.79 Å². The highest BCUT2D eigenvalue weighted by Gasteiger charge is 2.13. The first-order chi connectivity index (χ1) is 9.63. The van der Waals surface area contributed by atoms with Gasteiger partial charge >= 0.3 is 0 Å². The fraction of sp³-hybridized carbons (Fsp3) is 0.200. The molecule has 1 aliphatic rings. The molecule has 1 amide bonds. The van der Waals surface area contributed by atoms with Crippen molar-refractivity contribution >= 4 is 29.0 Å². The van der Waals surface area contributed by atoms with Crippen molar-refractivity contribution in [3.63, 3.8) is 0 Å². The first-order valence-electron chi connectivity index (χ1n) is 6.47. The van der Waals surface area contributed by atoms with Crippen LogP contribution in [-0.4, -0.2) is 10.9 Å². The number of nitrogens with one attached hydrogen (secondary N) is 1. The van der Waals surface area contributed by atoms with Crippen LogP contribution < -0.4 is 11.1 Å². The maximum atomic E-state index is 12.1. The molecule has 1 aromatic heterocycles. The van der Waals surface area contributed by atoms with E-state index in [4.69, 9.17) is 17.3 Å². The predicted molar refractivity (Wildman–Crippen MR) is 80.1 cm³/mol. The minimum Gasteiger partial charge on any atom is -0.382 e. The monoisotopic (exact) mass is 287 g/mol. The molecule has 0 radical (unpaired) electrons. The number of aryl methyl sites for hydroxylation is 2. The number of fused-ring (bicyclic) bond motifs is 1. The Bertz CT molecular complexity index is 685. The molecule has 102 valence electrons. The zero-order valence-electron chi connectivity index (χ0n) is 10.8. The smallest absolute Gasteiger partial charge is 0.257 e. The summed E-state index contributed by atoms with van der Waals surface area (Å²) in [5.41, 5.74) is 9.41. The van der Waals surface area contributed by atoms with Crippen LogP contribution >= 0.6 is 11.6 Å². The lowest BCUT2D eigenvalue weighted by Gasteiger charge is -2.08. The van der Waals surface area contributed by atoms with Crippen molar-refractivity contribution in [2.45, 2.75) is 19.3 Å². The van der Waals surface area contributed by atoms with Crippen LogP contribution in [0.2, 0.25) is 5.02 Å². The standard InChI is InChI=1S/C15H14ClN3O/c16-13-7-11(8-18-14(13)17)15(20)19-12-5-4-9-2-1-3-10(9)6-12/h4-8H,1-3H2,(H2,17,18)(H,19,20). The van der Waals surface area contributed by atoms with Crippen molar-refractivity contribution in [1.82, 2.24) is 4.98 Å². The van der Waals surface area contributed by atoms with Gasteiger partial charge in [0.15, 0.2) is 0 Å². The maximum absolute atomic E-state index is 12.1. The summed E-state index contributed by atoms with van der Waals surface area (Å²) in [6, 6.07) is 7.56.